The van der Waals surface area contributed by atoms with Gasteiger partial charge in [-0.3, -0.25) is 0 Å². The largest absolute Gasteiger partial charge is 0.449 e. The summed E-state index contributed by atoms with van der Waals surface area (Å²) in [6.45, 7) is 9.13. The van der Waals surface area contributed by atoms with E-state index in [9.17, 15) is 4.79 Å². The number of hydrogen-bond donors (Lipinski definition) is 2. The van der Waals surface area contributed by atoms with Gasteiger partial charge in [-0.05, 0) is 24.7 Å². The van der Waals surface area contributed by atoms with Crippen molar-refractivity contribution >= 4 is 6.09 Å². The Morgan fingerprint density at radius 2 is 2.00 bits per heavy atom. The van der Waals surface area contributed by atoms with Gasteiger partial charge in [-0.15, -0.1) is 0 Å². The zero-order valence-corrected chi connectivity index (χ0v) is 12.4. The maximum atomic E-state index is 11.8. The number of amides is 1. The van der Waals surface area contributed by atoms with E-state index in [0.29, 0.717) is 18.6 Å². The first-order valence-electron chi connectivity index (χ1n) is 7.28. The van der Waals surface area contributed by atoms with E-state index in [1.54, 1.807) is 4.90 Å². The molecule has 0 saturated carbocycles. The molecule has 0 aliphatic carbocycles. The molecule has 1 heterocycles. The Morgan fingerprint density at radius 1 is 1.37 bits per heavy atom. The van der Waals surface area contributed by atoms with Crippen LogP contribution in [0.15, 0.2) is 0 Å². The van der Waals surface area contributed by atoms with Gasteiger partial charge < -0.3 is 20.1 Å². The monoisotopic (exact) mass is 272 g/mol. The van der Waals surface area contributed by atoms with Gasteiger partial charge in [-0.2, -0.15) is 0 Å². The molecule has 0 radical (unpaired) electrons. The van der Waals surface area contributed by atoms with E-state index in [0.717, 1.165) is 32.5 Å². The van der Waals surface area contributed by atoms with Crippen LogP contribution in [0.1, 0.15) is 33.6 Å². The van der Waals surface area contributed by atoms with Crippen LogP contribution < -0.4 is 5.32 Å². The molecular formula is C14H28N2O3. The van der Waals surface area contributed by atoms with Crippen LogP contribution in [0, 0.1) is 11.8 Å². The van der Waals surface area contributed by atoms with Crippen LogP contribution in [-0.2, 0) is 4.74 Å². The Balaban J connectivity index is 2.19. The van der Waals surface area contributed by atoms with E-state index in [4.69, 9.17) is 9.84 Å². The fourth-order valence-electron chi connectivity index (χ4n) is 2.03. The number of nitrogens with zero attached hydrogens (tertiary/aromatic N) is 1. The summed E-state index contributed by atoms with van der Waals surface area (Å²) >= 11 is 0. The minimum Gasteiger partial charge on any atom is -0.449 e. The van der Waals surface area contributed by atoms with E-state index >= 15 is 0 Å². The number of likely N-dealkylation sites (tertiary alicyclic amines) is 1. The standard InChI is InChI=1S/C14H28N2O3/c1-11(2)10-19-14(18)16-6-4-13(5-7-16)15-8-12(3)9-17/h11-13,15,17H,4-10H2,1-3H3. The third-order valence-corrected chi connectivity index (χ3v) is 3.36. The second-order valence-corrected chi connectivity index (χ2v) is 5.93. The zero-order valence-electron chi connectivity index (χ0n) is 12.4. The number of hydrogen-bond acceptors (Lipinski definition) is 4. The van der Waals surface area contributed by atoms with Crippen molar-refractivity contribution in [3.05, 3.63) is 0 Å². The van der Waals surface area contributed by atoms with Crippen LogP contribution in [0.2, 0.25) is 0 Å². The van der Waals surface area contributed by atoms with Crippen molar-refractivity contribution in [2.24, 2.45) is 11.8 Å². The van der Waals surface area contributed by atoms with Gasteiger partial charge in [0.2, 0.25) is 0 Å². The molecule has 1 saturated heterocycles. The lowest BCUT2D eigenvalue weighted by molar-refractivity contribution is 0.0814. The fourth-order valence-corrected chi connectivity index (χ4v) is 2.03. The van der Waals surface area contributed by atoms with Crippen molar-refractivity contribution < 1.29 is 14.6 Å². The smallest absolute Gasteiger partial charge is 0.409 e. The van der Waals surface area contributed by atoms with Crippen LogP contribution in [0.5, 0.6) is 0 Å². The number of aliphatic hydroxyl groups is 1. The number of aliphatic hydroxyl groups excluding tert-OH is 1. The first-order valence-corrected chi connectivity index (χ1v) is 7.28. The number of rotatable bonds is 6. The Morgan fingerprint density at radius 3 is 2.53 bits per heavy atom. The second-order valence-electron chi connectivity index (χ2n) is 5.93. The molecular weight excluding hydrogens is 244 g/mol. The Labute approximate surface area is 116 Å². The summed E-state index contributed by atoms with van der Waals surface area (Å²) in [6.07, 6.45) is 1.72. The third-order valence-electron chi connectivity index (χ3n) is 3.36. The van der Waals surface area contributed by atoms with Gasteiger partial charge in [0.15, 0.2) is 0 Å². The first kappa shape index (κ1) is 16.2. The highest BCUT2D eigenvalue weighted by Gasteiger charge is 2.23. The maximum Gasteiger partial charge on any atom is 0.409 e. The summed E-state index contributed by atoms with van der Waals surface area (Å²) in [5.74, 6) is 0.664. The highest BCUT2D eigenvalue weighted by atomic mass is 16.6. The molecule has 1 fully saturated rings. The summed E-state index contributed by atoms with van der Waals surface area (Å²) < 4.78 is 5.23. The molecule has 1 amide bonds. The first-order chi connectivity index (χ1) is 9.02. The Hall–Kier alpha value is -0.810. The van der Waals surface area contributed by atoms with Crippen molar-refractivity contribution in [1.82, 2.24) is 10.2 Å². The average molecular weight is 272 g/mol. The van der Waals surface area contributed by atoms with E-state index in [1.165, 1.54) is 0 Å². The molecule has 1 aliphatic heterocycles. The fraction of sp³-hybridized carbons (Fsp3) is 0.929. The van der Waals surface area contributed by atoms with Gasteiger partial charge in [0.1, 0.15) is 0 Å². The minimum atomic E-state index is -0.184. The van der Waals surface area contributed by atoms with Crippen LogP contribution in [0.25, 0.3) is 0 Å². The molecule has 0 aromatic carbocycles. The molecule has 0 bridgehead atoms. The predicted octanol–water partition coefficient (Wildman–Crippen LogP) is 1.46. The van der Waals surface area contributed by atoms with E-state index in [1.807, 2.05) is 20.8 Å². The molecule has 2 N–H and O–H groups in total. The van der Waals surface area contributed by atoms with Crippen LogP contribution in [-0.4, -0.2) is 55.0 Å². The van der Waals surface area contributed by atoms with Gasteiger partial charge in [0, 0.05) is 32.3 Å². The van der Waals surface area contributed by atoms with Crippen molar-refractivity contribution in [2.45, 2.75) is 39.7 Å². The van der Waals surface area contributed by atoms with Crippen molar-refractivity contribution in [2.75, 3.05) is 32.8 Å². The summed E-state index contributed by atoms with van der Waals surface area (Å²) in [7, 11) is 0. The summed E-state index contributed by atoms with van der Waals surface area (Å²) in [5, 5.41) is 12.4. The van der Waals surface area contributed by atoms with Crippen LogP contribution in [0.4, 0.5) is 4.79 Å². The highest BCUT2D eigenvalue weighted by Crippen LogP contribution is 2.12. The lowest BCUT2D eigenvalue weighted by atomic mass is 10.0. The summed E-state index contributed by atoms with van der Waals surface area (Å²) in [5.41, 5.74) is 0. The van der Waals surface area contributed by atoms with Crippen LogP contribution in [0.3, 0.4) is 0 Å². The molecule has 0 spiro atoms. The van der Waals surface area contributed by atoms with Gasteiger partial charge in [0.25, 0.3) is 0 Å². The number of carbonyl (C=O) groups excluding carboxylic acids is 1. The molecule has 112 valence electrons. The van der Waals surface area contributed by atoms with E-state index < -0.39 is 0 Å². The quantitative estimate of drug-likeness (QED) is 0.768. The second kappa shape index (κ2) is 8.38. The molecule has 19 heavy (non-hydrogen) atoms. The Bertz CT molecular complexity index is 263. The normalized spacial score (nSPS) is 18.7. The molecule has 5 heteroatoms. The Kier molecular flexibility index (Phi) is 7.16. The zero-order chi connectivity index (χ0) is 14.3. The lowest BCUT2D eigenvalue weighted by Gasteiger charge is -2.32. The van der Waals surface area contributed by atoms with Gasteiger partial charge in [-0.1, -0.05) is 20.8 Å². The van der Waals surface area contributed by atoms with Gasteiger partial charge in [0.05, 0.1) is 6.61 Å². The minimum absolute atomic E-state index is 0.184. The number of ether oxygens (including phenoxy) is 1. The van der Waals surface area contributed by atoms with Crippen molar-refractivity contribution in [3.63, 3.8) is 0 Å². The third kappa shape index (κ3) is 6.25. The molecule has 5 nitrogen and oxygen atoms in total. The summed E-state index contributed by atoms with van der Waals surface area (Å²) in [6, 6.07) is 0.447. The highest BCUT2D eigenvalue weighted by molar-refractivity contribution is 5.67. The molecule has 1 unspecified atom stereocenters. The van der Waals surface area contributed by atoms with Crippen molar-refractivity contribution in [1.29, 1.82) is 0 Å². The van der Waals surface area contributed by atoms with Crippen LogP contribution >= 0.6 is 0 Å². The van der Waals surface area contributed by atoms with Crippen molar-refractivity contribution in [3.8, 4) is 0 Å². The topological polar surface area (TPSA) is 61.8 Å². The molecule has 1 aliphatic rings. The van der Waals surface area contributed by atoms with Gasteiger partial charge in [-0.25, -0.2) is 4.79 Å². The van der Waals surface area contributed by atoms with E-state index in [2.05, 4.69) is 5.32 Å². The number of piperidine rings is 1. The maximum absolute atomic E-state index is 11.8. The van der Waals surface area contributed by atoms with E-state index in [-0.39, 0.29) is 18.6 Å². The predicted molar refractivity (Wildman–Crippen MR) is 75.0 cm³/mol. The lowest BCUT2D eigenvalue weighted by Crippen LogP contribution is -2.46. The number of carbonyl (C=O) groups is 1. The molecule has 0 aromatic rings. The molecule has 0 aromatic heterocycles. The average Bonchev–Trinajstić information content (AvgIpc) is 2.42. The number of nitrogens with one attached hydrogen (secondary N) is 1. The summed E-state index contributed by atoms with van der Waals surface area (Å²) in [4.78, 5) is 13.6. The van der Waals surface area contributed by atoms with Gasteiger partial charge >= 0.3 is 6.09 Å². The molecule has 1 rings (SSSR count). The molecule has 1 atom stereocenters. The SMILES string of the molecule is CC(C)COC(=O)N1CCC(NCC(C)CO)CC1.